The molecule has 100 heavy (non-hydrogen) atoms. The molecule has 568 valence electrons. The number of alkyl halides is 4. The van der Waals surface area contributed by atoms with Crippen LogP contribution in [0.2, 0.25) is 0 Å². The molecule has 0 saturated carbocycles. The first kappa shape index (κ1) is 98.4. The monoisotopic (exact) mass is 1600 g/mol. The first-order chi connectivity index (χ1) is 46.5. The van der Waals surface area contributed by atoms with Crippen LogP contribution in [-0.2, 0) is 134 Å². The molecule has 0 atom stereocenters. The van der Waals surface area contributed by atoms with E-state index in [2.05, 4.69) is 88.9 Å². The van der Waals surface area contributed by atoms with Gasteiger partial charge in [0.2, 0.25) is 23.6 Å². The highest BCUT2D eigenvalue weighted by Gasteiger charge is 2.25. The smallest absolute Gasteiger partial charge is 0.333 e. The number of hydrogen-bond donors (Lipinski definition) is 4. The van der Waals surface area contributed by atoms with Gasteiger partial charge in [-0.25, -0.2) is 19.2 Å². The molecule has 0 saturated heterocycles. The van der Waals surface area contributed by atoms with E-state index in [0.29, 0.717) is 10.7 Å². The van der Waals surface area contributed by atoms with Gasteiger partial charge in [0.05, 0.1) is 50.3 Å². The van der Waals surface area contributed by atoms with Gasteiger partial charge in [0.25, 0.3) is 0 Å². The first-order valence-electron chi connectivity index (χ1n) is 30.6. The van der Waals surface area contributed by atoms with Gasteiger partial charge < -0.3 is 78.1 Å². The number of hydrogen-bond acceptors (Lipinski definition) is 28. The third kappa shape index (κ3) is 63.5. The number of nitrogens with one attached hydrogen (secondary N) is 4. The second-order valence-corrected chi connectivity index (χ2v) is 24.3. The lowest BCUT2D eigenvalue weighted by molar-refractivity contribution is -0.155. The minimum atomic E-state index is -0.819. The average molecular weight is 1600 g/mol. The zero-order valence-electron chi connectivity index (χ0n) is 58.3. The quantitative estimate of drug-likeness (QED) is 0.0210. The van der Waals surface area contributed by atoms with Gasteiger partial charge in [-0.3, -0.25) is 57.5 Å². The van der Waals surface area contributed by atoms with E-state index in [4.69, 9.17) is 70.6 Å². The standard InChI is InChI=1S/C17H26BrNO7.C16H24BrNO7.C16H24ClNO7.C15H22ClNO7/c1-12(2)16(23)25-10-9-24-14(21)6-5-13(20)19-8-7-15(22)26-17(3,4)11-18;1-4-13(20)23-9-10-24-14(21)6-5-12(19)18-8-7-15(22)25-16(2,3)11-17;1-11(2)15(22)24-8-7-23-13(20)6-5-12(19)18-9-14(21)25-16(3,4)10-17;1-4-12(19)22-7-8-23-13(20)6-5-11(18)17-9-14(21)24-15(2,3)10-16/h1,5-11H2,2-4H3,(H,19,20);4H,1,5-11H2,2-3H3,(H,18,19);1,5-10H2,2-4H3,(H,18,19);4H,1,5-10H2,2-3H3,(H,17,18). The number of halogens is 4. The molecular formula is C64H96Br2Cl2N4O28. The molecule has 0 heterocycles. The molecule has 0 spiro atoms. The fourth-order valence-corrected chi connectivity index (χ4v) is 5.85. The van der Waals surface area contributed by atoms with Crippen molar-refractivity contribution in [1.29, 1.82) is 0 Å². The second-order valence-electron chi connectivity index (χ2n) is 22.7. The topological polar surface area (TPSA) is 432 Å². The molecule has 0 aliphatic rings. The van der Waals surface area contributed by atoms with Crippen LogP contribution in [0.25, 0.3) is 0 Å². The molecule has 0 aliphatic carbocycles. The largest absolute Gasteiger partial charge is 0.462 e. The van der Waals surface area contributed by atoms with Crippen molar-refractivity contribution >= 4 is 150 Å². The molecule has 0 rings (SSSR count). The van der Waals surface area contributed by atoms with E-state index in [0.717, 1.165) is 12.2 Å². The highest BCUT2D eigenvalue weighted by Crippen LogP contribution is 2.15. The Bertz CT molecular complexity index is 2740. The molecule has 0 unspecified atom stereocenters. The molecule has 4 N–H and O–H groups in total. The summed E-state index contributed by atoms with van der Waals surface area (Å²) < 4.78 is 58.4. The summed E-state index contributed by atoms with van der Waals surface area (Å²) >= 11 is 17.7. The fraction of sp³-hybridized carbons (Fsp3) is 0.625. The van der Waals surface area contributed by atoms with Crippen molar-refractivity contribution in [3.8, 4) is 0 Å². The molecule has 0 aromatic heterocycles. The van der Waals surface area contributed by atoms with Crippen molar-refractivity contribution in [2.24, 2.45) is 0 Å². The molecule has 0 radical (unpaired) electrons. The second kappa shape index (κ2) is 56.7. The highest BCUT2D eigenvalue weighted by molar-refractivity contribution is 9.09. The summed E-state index contributed by atoms with van der Waals surface area (Å²) in [6.45, 7) is 28.8. The van der Waals surface area contributed by atoms with Gasteiger partial charge >= 0.3 is 71.6 Å². The maximum atomic E-state index is 11.6. The summed E-state index contributed by atoms with van der Waals surface area (Å²) in [5.74, 6) is -8.31. The molecule has 0 bridgehead atoms. The predicted molar refractivity (Wildman–Crippen MR) is 366 cm³/mol. The molecule has 0 aromatic rings. The van der Waals surface area contributed by atoms with Crippen LogP contribution in [0.5, 0.6) is 0 Å². The number of ether oxygens (including phenoxy) is 12. The van der Waals surface area contributed by atoms with Crippen LogP contribution < -0.4 is 21.3 Å². The Morgan fingerprint density at radius 3 is 0.820 bits per heavy atom. The third-order valence-electron chi connectivity index (χ3n) is 10.6. The summed E-state index contributed by atoms with van der Waals surface area (Å²) in [7, 11) is 0. The Balaban J connectivity index is -0.000000615. The minimum absolute atomic E-state index is 0.0424. The van der Waals surface area contributed by atoms with E-state index in [-0.39, 0.29) is 178 Å². The van der Waals surface area contributed by atoms with Crippen LogP contribution in [0.4, 0.5) is 0 Å². The van der Waals surface area contributed by atoms with Crippen LogP contribution in [0.1, 0.15) is 133 Å². The summed E-state index contributed by atoms with van der Waals surface area (Å²) in [6, 6.07) is 0. The van der Waals surface area contributed by atoms with Crippen molar-refractivity contribution in [1.82, 2.24) is 21.3 Å². The third-order valence-corrected chi connectivity index (χ3v) is 14.6. The van der Waals surface area contributed by atoms with E-state index in [1.165, 1.54) is 13.8 Å². The van der Waals surface area contributed by atoms with Crippen molar-refractivity contribution in [2.45, 2.75) is 156 Å². The van der Waals surface area contributed by atoms with Gasteiger partial charge in [-0.15, -0.1) is 23.2 Å². The summed E-state index contributed by atoms with van der Waals surface area (Å²) in [5, 5.41) is 10.7. The molecule has 0 aromatic carbocycles. The number of esters is 12. The summed E-state index contributed by atoms with van der Waals surface area (Å²) in [4.78, 5) is 182. The number of carbonyl (C=O) groups excluding carboxylic acids is 16. The molecular weight excluding hydrogens is 1500 g/mol. The maximum absolute atomic E-state index is 11.6. The number of amides is 4. The lowest BCUT2D eigenvalue weighted by atomic mass is 10.2. The Morgan fingerprint density at radius 1 is 0.340 bits per heavy atom. The van der Waals surface area contributed by atoms with Gasteiger partial charge in [0.1, 0.15) is 88.3 Å². The van der Waals surface area contributed by atoms with E-state index in [9.17, 15) is 76.7 Å². The summed E-state index contributed by atoms with van der Waals surface area (Å²) in [6.07, 6.45) is 1.12. The lowest BCUT2D eigenvalue weighted by Crippen LogP contribution is -2.37. The fourth-order valence-electron chi connectivity index (χ4n) is 5.51. The van der Waals surface area contributed by atoms with Crippen molar-refractivity contribution < 1.29 is 134 Å². The first-order valence-corrected chi connectivity index (χ1v) is 33.9. The Labute approximate surface area is 608 Å². The molecule has 0 fully saturated rings. The zero-order valence-corrected chi connectivity index (χ0v) is 63.0. The highest BCUT2D eigenvalue weighted by atomic mass is 79.9. The number of carbonyl (C=O) groups is 16. The Kier molecular flexibility index (Phi) is 55.8. The number of rotatable bonds is 46. The normalized spacial score (nSPS) is 10.5. The molecule has 32 nitrogen and oxygen atoms in total. The Hall–Kier alpha value is -7.98. The van der Waals surface area contributed by atoms with E-state index in [1.807, 2.05) is 0 Å². The molecule has 4 amide bonds. The van der Waals surface area contributed by atoms with Crippen LogP contribution >= 0.6 is 55.1 Å². The van der Waals surface area contributed by atoms with Crippen molar-refractivity contribution in [3.63, 3.8) is 0 Å². The maximum Gasteiger partial charge on any atom is 0.333 e. The SMILES string of the molecule is C=C(C)C(=O)OCCOC(=O)CCC(=O)NCC(=O)OC(C)(C)CCl.C=C(C)C(=O)OCCOC(=O)CCC(=O)NCCC(=O)OC(C)(C)CBr.C=CC(=O)OCCOC(=O)CCC(=O)NCC(=O)OC(C)(C)CCl.C=CC(=O)OCCOC(=O)CCC(=O)NCCC(=O)OC(C)(C)CBr. The van der Waals surface area contributed by atoms with Gasteiger partial charge in [0, 0.05) is 72.7 Å². The molecule has 36 heteroatoms. The molecule has 0 aliphatic heterocycles. The minimum Gasteiger partial charge on any atom is -0.462 e. The van der Waals surface area contributed by atoms with Crippen LogP contribution in [0.15, 0.2) is 49.6 Å². The van der Waals surface area contributed by atoms with Crippen LogP contribution in [0, 0.1) is 0 Å². The van der Waals surface area contributed by atoms with E-state index >= 15 is 0 Å². The predicted octanol–water partition coefficient (Wildman–Crippen LogP) is 4.74. The lowest BCUT2D eigenvalue weighted by Gasteiger charge is -2.22. The van der Waals surface area contributed by atoms with Gasteiger partial charge in [-0.1, -0.05) is 58.2 Å². The zero-order chi connectivity index (χ0) is 77.5. The van der Waals surface area contributed by atoms with E-state index in [1.54, 1.807) is 55.4 Å². The average Bonchev–Trinajstić information content (AvgIpc) is 0.964. The summed E-state index contributed by atoms with van der Waals surface area (Å²) in [5.41, 5.74) is -2.35. The van der Waals surface area contributed by atoms with Crippen LogP contribution in [0.3, 0.4) is 0 Å². The van der Waals surface area contributed by atoms with E-state index < -0.39 is 106 Å². The van der Waals surface area contributed by atoms with Gasteiger partial charge in [-0.2, -0.15) is 0 Å². The van der Waals surface area contributed by atoms with Crippen molar-refractivity contribution in [3.05, 3.63) is 49.6 Å². The van der Waals surface area contributed by atoms with Crippen molar-refractivity contribution in [2.75, 3.05) is 101 Å². The van der Waals surface area contributed by atoms with Gasteiger partial charge in [0.15, 0.2) is 0 Å². The van der Waals surface area contributed by atoms with Crippen LogP contribution in [-0.4, -0.2) is 219 Å². The van der Waals surface area contributed by atoms with Gasteiger partial charge in [-0.05, 0) is 69.2 Å². The Morgan fingerprint density at radius 2 is 0.580 bits per heavy atom.